The Labute approximate surface area is 186 Å². The standard InChI is InChI=1S/C22H18FN5O3S/c23-17-8-6-15(7-9-17)12-24-19(29)14-32-22-26-25-20(31-22)13-28-21(30)11-10-18(27-28)16-4-2-1-3-5-16/h1-11H,12-14H2,(H,24,29). The summed E-state index contributed by atoms with van der Waals surface area (Å²) < 4.78 is 19.7. The van der Waals surface area contributed by atoms with Crippen LogP contribution in [0.3, 0.4) is 0 Å². The van der Waals surface area contributed by atoms with E-state index in [4.69, 9.17) is 4.42 Å². The van der Waals surface area contributed by atoms with Gasteiger partial charge in [0.25, 0.3) is 10.8 Å². The number of hydrogen-bond donors (Lipinski definition) is 1. The number of rotatable bonds is 8. The maximum atomic E-state index is 12.9. The molecule has 1 N–H and O–H groups in total. The molecule has 0 saturated carbocycles. The molecule has 0 radical (unpaired) electrons. The highest BCUT2D eigenvalue weighted by atomic mass is 32.2. The minimum Gasteiger partial charge on any atom is -0.414 e. The first-order valence-electron chi connectivity index (χ1n) is 9.67. The first-order chi connectivity index (χ1) is 15.6. The predicted octanol–water partition coefficient (Wildman–Crippen LogP) is 2.89. The van der Waals surface area contributed by atoms with Crippen molar-refractivity contribution in [2.75, 3.05) is 5.75 Å². The molecule has 4 rings (SSSR count). The molecule has 0 unspecified atom stereocenters. The van der Waals surface area contributed by atoms with Gasteiger partial charge in [0.1, 0.15) is 12.4 Å². The van der Waals surface area contributed by atoms with Gasteiger partial charge in [-0.1, -0.05) is 54.2 Å². The first kappa shape index (κ1) is 21.4. The Balaban J connectivity index is 1.32. The third-order valence-corrected chi connectivity index (χ3v) is 5.22. The van der Waals surface area contributed by atoms with Crippen LogP contribution in [0.15, 0.2) is 81.2 Å². The zero-order valence-corrected chi connectivity index (χ0v) is 17.6. The lowest BCUT2D eigenvalue weighted by Gasteiger charge is -2.05. The summed E-state index contributed by atoms with van der Waals surface area (Å²) in [6, 6.07) is 18.5. The first-order valence-corrected chi connectivity index (χ1v) is 10.7. The smallest absolute Gasteiger partial charge is 0.277 e. The SMILES string of the molecule is O=C(CSc1nnc(Cn2nc(-c3ccccc3)ccc2=O)o1)NCc1ccc(F)cc1. The fraction of sp³-hybridized carbons (Fsp3) is 0.136. The van der Waals surface area contributed by atoms with Gasteiger partial charge in [-0.15, -0.1) is 10.2 Å². The number of nitrogens with one attached hydrogen (secondary N) is 1. The molecule has 0 fully saturated rings. The molecule has 0 saturated heterocycles. The highest BCUT2D eigenvalue weighted by Crippen LogP contribution is 2.17. The number of benzene rings is 2. The molecular formula is C22H18FN5O3S. The minimum absolute atomic E-state index is 0.0177. The van der Waals surface area contributed by atoms with Crippen LogP contribution < -0.4 is 10.9 Å². The van der Waals surface area contributed by atoms with Crippen LogP contribution in [0.2, 0.25) is 0 Å². The minimum atomic E-state index is -0.327. The van der Waals surface area contributed by atoms with E-state index in [9.17, 15) is 14.0 Å². The third kappa shape index (κ3) is 5.67. The zero-order chi connectivity index (χ0) is 22.3. The van der Waals surface area contributed by atoms with Crippen molar-refractivity contribution < 1.29 is 13.6 Å². The number of carbonyl (C=O) groups excluding carboxylic acids is 1. The molecule has 0 spiro atoms. The molecule has 1 amide bonds. The van der Waals surface area contributed by atoms with Crippen LogP contribution in [-0.4, -0.2) is 31.6 Å². The lowest BCUT2D eigenvalue weighted by atomic mass is 10.1. The number of carbonyl (C=O) groups is 1. The number of nitrogens with zero attached hydrogens (tertiary/aromatic N) is 4. The van der Waals surface area contributed by atoms with Crippen molar-refractivity contribution in [1.29, 1.82) is 0 Å². The second kappa shape index (κ2) is 10.0. The molecule has 0 bridgehead atoms. The van der Waals surface area contributed by atoms with E-state index in [0.717, 1.165) is 22.9 Å². The summed E-state index contributed by atoms with van der Waals surface area (Å²) >= 11 is 1.08. The van der Waals surface area contributed by atoms with Crippen LogP contribution in [0.5, 0.6) is 0 Å². The van der Waals surface area contributed by atoms with Crippen molar-refractivity contribution in [1.82, 2.24) is 25.3 Å². The van der Waals surface area contributed by atoms with Gasteiger partial charge in [0.05, 0.1) is 11.4 Å². The van der Waals surface area contributed by atoms with E-state index in [1.165, 1.54) is 22.9 Å². The summed E-state index contributed by atoms with van der Waals surface area (Å²) in [4.78, 5) is 24.2. The molecule has 0 aliphatic rings. The van der Waals surface area contributed by atoms with Crippen LogP contribution in [0, 0.1) is 5.82 Å². The highest BCUT2D eigenvalue weighted by molar-refractivity contribution is 7.99. The normalized spacial score (nSPS) is 10.8. The summed E-state index contributed by atoms with van der Waals surface area (Å²) in [5.74, 6) is -0.275. The van der Waals surface area contributed by atoms with E-state index in [2.05, 4.69) is 20.6 Å². The van der Waals surface area contributed by atoms with Gasteiger partial charge in [-0.05, 0) is 23.8 Å². The van der Waals surface area contributed by atoms with Crippen molar-refractivity contribution >= 4 is 17.7 Å². The van der Waals surface area contributed by atoms with E-state index in [1.807, 2.05) is 30.3 Å². The summed E-state index contributed by atoms with van der Waals surface area (Å²) in [6.07, 6.45) is 0. The molecule has 8 nitrogen and oxygen atoms in total. The van der Waals surface area contributed by atoms with Crippen molar-refractivity contribution in [3.8, 4) is 11.3 Å². The van der Waals surface area contributed by atoms with E-state index in [0.29, 0.717) is 12.2 Å². The van der Waals surface area contributed by atoms with Crippen molar-refractivity contribution in [3.63, 3.8) is 0 Å². The lowest BCUT2D eigenvalue weighted by Crippen LogP contribution is -2.24. The Morgan fingerprint density at radius 2 is 1.81 bits per heavy atom. The van der Waals surface area contributed by atoms with E-state index < -0.39 is 0 Å². The van der Waals surface area contributed by atoms with Crippen molar-refractivity contribution in [2.24, 2.45) is 0 Å². The maximum absolute atomic E-state index is 12.9. The quantitative estimate of drug-likeness (QED) is 0.411. The Morgan fingerprint density at radius 3 is 2.59 bits per heavy atom. The number of hydrogen-bond acceptors (Lipinski definition) is 7. The van der Waals surface area contributed by atoms with Gasteiger partial charge in [0, 0.05) is 18.2 Å². The van der Waals surface area contributed by atoms with Gasteiger partial charge in [-0.2, -0.15) is 5.10 Å². The number of aromatic nitrogens is 4. The largest absolute Gasteiger partial charge is 0.414 e. The Hall–Kier alpha value is -3.79. The van der Waals surface area contributed by atoms with Crippen molar-refractivity contribution in [2.45, 2.75) is 18.3 Å². The topological polar surface area (TPSA) is 103 Å². The summed E-state index contributed by atoms with van der Waals surface area (Å²) in [7, 11) is 0. The molecule has 0 atom stereocenters. The van der Waals surface area contributed by atoms with Gasteiger partial charge in [0.2, 0.25) is 11.8 Å². The molecule has 2 aromatic heterocycles. The van der Waals surface area contributed by atoms with Crippen LogP contribution >= 0.6 is 11.8 Å². The van der Waals surface area contributed by atoms with Crippen molar-refractivity contribution in [3.05, 3.63) is 94.4 Å². The fourth-order valence-corrected chi connectivity index (χ4v) is 3.41. The molecule has 2 aromatic carbocycles. The Kier molecular flexibility index (Phi) is 6.71. The van der Waals surface area contributed by atoms with Gasteiger partial charge in [-0.25, -0.2) is 9.07 Å². The summed E-state index contributed by atoms with van der Waals surface area (Å²) in [6.45, 7) is 0.310. The second-order valence-electron chi connectivity index (χ2n) is 6.73. The molecule has 32 heavy (non-hydrogen) atoms. The third-order valence-electron chi connectivity index (χ3n) is 4.40. The highest BCUT2D eigenvalue weighted by Gasteiger charge is 2.12. The maximum Gasteiger partial charge on any atom is 0.277 e. The monoisotopic (exact) mass is 451 g/mol. The average Bonchev–Trinajstić information content (AvgIpc) is 3.27. The molecular weight excluding hydrogens is 433 g/mol. The van der Waals surface area contributed by atoms with Gasteiger partial charge in [0.15, 0.2) is 0 Å². The van der Waals surface area contributed by atoms with Crippen LogP contribution in [0.4, 0.5) is 4.39 Å². The lowest BCUT2D eigenvalue weighted by molar-refractivity contribution is -0.118. The van der Waals surface area contributed by atoms with E-state index in [-0.39, 0.29) is 40.7 Å². The number of amides is 1. The van der Waals surface area contributed by atoms with Gasteiger partial charge in [-0.3, -0.25) is 9.59 Å². The molecule has 162 valence electrons. The fourth-order valence-electron chi connectivity index (χ4n) is 2.79. The van der Waals surface area contributed by atoms with Crippen LogP contribution in [-0.2, 0) is 17.9 Å². The Morgan fingerprint density at radius 1 is 1.03 bits per heavy atom. The molecule has 10 heteroatoms. The zero-order valence-electron chi connectivity index (χ0n) is 16.8. The van der Waals surface area contributed by atoms with Crippen LogP contribution in [0.25, 0.3) is 11.3 Å². The summed E-state index contributed by atoms with van der Waals surface area (Å²) in [5.41, 5.74) is 2.03. The second-order valence-corrected chi connectivity index (χ2v) is 7.66. The van der Waals surface area contributed by atoms with Crippen LogP contribution in [0.1, 0.15) is 11.5 Å². The molecule has 0 aliphatic carbocycles. The molecule has 4 aromatic rings. The molecule has 2 heterocycles. The van der Waals surface area contributed by atoms with Gasteiger partial charge >= 0.3 is 0 Å². The average molecular weight is 451 g/mol. The molecule has 0 aliphatic heterocycles. The van der Waals surface area contributed by atoms with Gasteiger partial charge < -0.3 is 9.73 Å². The van der Waals surface area contributed by atoms with E-state index in [1.54, 1.807) is 18.2 Å². The van der Waals surface area contributed by atoms with E-state index >= 15 is 0 Å². The predicted molar refractivity (Wildman–Crippen MR) is 116 cm³/mol. The number of thioether (sulfide) groups is 1. The Bertz CT molecular complexity index is 1260. The number of halogens is 1. The summed E-state index contributed by atoms with van der Waals surface area (Å²) in [5, 5.41) is 15.1.